The molecular weight excluding hydrogens is 168 g/mol. The first-order valence-corrected chi connectivity index (χ1v) is 4.14. The highest BCUT2D eigenvalue weighted by Crippen LogP contribution is 2.06. The lowest BCUT2D eigenvalue weighted by Gasteiger charge is -2.28. The summed E-state index contributed by atoms with van der Waals surface area (Å²) in [5, 5.41) is 2.27. The Morgan fingerprint density at radius 1 is 1.62 bits per heavy atom. The van der Waals surface area contributed by atoms with Gasteiger partial charge in [-0.25, -0.2) is 4.79 Å². The molecular formula is C9H12N2O2. The second-order valence-corrected chi connectivity index (χ2v) is 3.00. The standard InChI is InChI=1S/C9H12N2O2/c1-3-4-5-11-6-7(2)8(12)10-9(11)13/h7H,5-6H2,1-2H3,(H,10,12,13). The van der Waals surface area contributed by atoms with E-state index in [-0.39, 0.29) is 17.9 Å². The predicted molar refractivity (Wildman–Crippen MR) is 47.7 cm³/mol. The zero-order chi connectivity index (χ0) is 9.84. The molecule has 0 aromatic heterocycles. The van der Waals surface area contributed by atoms with Crippen LogP contribution in [0.5, 0.6) is 0 Å². The first-order chi connectivity index (χ1) is 6.15. The minimum Gasteiger partial charge on any atom is -0.313 e. The van der Waals surface area contributed by atoms with Gasteiger partial charge in [-0.3, -0.25) is 10.1 Å². The van der Waals surface area contributed by atoms with Crippen molar-refractivity contribution in [2.24, 2.45) is 5.92 Å². The second-order valence-electron chi connectivity index (χ2n) is 3.00. The van der Waals surface area contributed by atoms with Crippen molar-refractivity contribution in [3.63, 3.8) is 0 Å². The predicted octanol–water partition coefficient (Wildman–Crippen LogP) is 0.198. The van der Waals surface area contributed by atoms with Gasteiger partial charge in [0.15, 0.2) is 0 Å². The van der Waals surface area contributed by atoms with E-state index in [1.807, 2.05) is 0 Å². The van der Waals surface area contributed by atoms with E-state index in [9.17, 15) is 9.59 Å². The molecule has 4 nitrogen and oxygen atoms in total. The molecule has 13 heavy (non-hydrogen) atoms. The van der Waals surface area contributed by atoms with E-state index in [0.717, 1.165) is 0 Å². The Bertz CT molecular complexity index is 288. The third-order valence-electron chi connectivity index (χ3n) is 1.91. The summed E-state index contributed by atoms with van der Waals surface area (Å²) in [5.41, 5.74) is 0. The molecule has 0 aromatic carbocycles. The summed E-state index contributed by atoms with van der Waals surface area (Å²) in [6, 6.07) is -0.342. The Morgan fingerprint density at radius 2 is 2.31 bits per heavy atom. The van der Waals surface area contributed by atoms with Crippen LogP contribution in [-0.2, 0) is 4.79 Å². The molecule has 1 aliphatic rings. The van der Waals surface area contributed by atoms with Crippen LogP contribution in [0.15, 0.2) is 0 Å². The molecule has 0 spiro atoms. The largest absolute Gasteiger partial charge is 0.324 e. The fourth-order valence-electron chi connectivity index (χ4n) is 1.11. The molecule has 70 valence electrons. The molecule has 1 rings (SSSR count). The highest BCUT2D eigenvalue weighted by Gasteiger charge is 2.28. The Labute approximate surface area is 77.3 Å². The summed E-state index contributed by atoms with van der Waals surface area (Å²) in [7, 11) is 0. The van der Waals surface area contributed by atoms with Gasteiger partial charge in [-0.15, -0.1) is 5.92 Å². The summed E-state index contributed by atoms with van der Waals surface area (Å²) in [5.74, 6) is 5.15. The maximum atomic E-state index is 11.2. The number of amides is 3. The van der Waals surface area contributed by atoms with E-state index in [4.69, 9.17) is 0 Å². The van der Waals surface area contributed by atoms with Crippen molar-refractivity contribution in [1.29, 1.82) is 0 Å². The molecule has 1 saturated heterocycles. The number of nitrogens with one attached hydrogen (secondary N) is 1. The molecule has 3 amide bonds. The number of carbonyl (C=O) groups excluding carboxylic acids is 2. The topological polar surface area (TPSA) is 49.4 Å². The van der Waals surface area contributed by atoms with E-state index in [1.165, 1.54) is 4.90 Å². The Hall–Kier alpha value is -1.50. The van der Waals surface area contributed by atoms with Gasteiger partial charge >= 0.3 is 6.03 Å². The zero-order valence-corrected chi connectivity index (χ0v) is 7.76. The van der Waals surface area contributed by atoms with Crippen molar-refractivity contribution >= 4 is 11.9 Å². The molecule has 1 N–H and O–H groups in total. The molecule has 1 aliphatic heterocycles. The van der Waals surface area contributed by atoms with Crippen LogP contribution < -0.4 is 5.32 Å². The molecule has 0 radical (unpaired) electrons. The van der Waals surface area contributed by atoms with Crippen LogP contribution in [0.1, 0.15) is 13.8 Å². The van der Waals surface area contributed by atoms with Gasteiger partial charge in [0.1, 0.15) is 0 Å². The van der Waals surface area contributed by atoms with Crippen LogP contribution in [0.2, 0.25) is 0 Å². The summed E-state index contributed by atoms with van der Waals surface area (Å²) >= 11 is 0. The quantitative estimate of drug-likeness (QED) is 0.586. The SMILES string of the molecule is CC#CCN1CC(C)C(=O)NC1=O. The van der Waals surface area contributed by atoms with Gasteiger partial charge in [-0.05, 0) is 6.92 Å². The molecule has 1 atom stereocenters. The maximum absolute atomic E-state index is 11.2. The third kappa shape index (κ3) is 2.22. The van der Waals surface area contributed by atoms with Crippen LogP contribution in [-0.4, -0.2) is 29.9 Å². The number of rotatable bonds is 1. The molecule has 4 heteroatoms. The molecule has 0 aromatic rings. The van der Waals surface area contributed by atoms with Crippen molar-refractivity contribution in [3.8, 4) is 11.8 Å². The molecule has 1 heterocycles. The molecule has 0 aliphatic carbocycles. The van der Waals surface area contributed by atoms with E-state index in [1.54, 1.807) is 13.8 Å². The lowest BCUT2D eigenvalue weighted by atomic mass is 10.1. The Morgan fingerprint density at radius 3 is 2.92 bits per heavy atom. The molecule has 0 bridgehead atoms. The number of imide groups is 1. The first kappa shape index (κ1) is 9.59. The number of urea groups is 1. The van der Waals surface area contributed by atoms with Crippen LogP contribution >= 0.6 is 0 Å². The maximum Gasteiger partial charge on any atom is 0.324 e. The third-order valence-corrected chi connectivity index (χ3v) is 1.91. The fraction of sp³-hybridized carbons (Fsp3) is 0.556. The monoisotopic (exact) mass is 180 g/mol. The normalized spacial score (nSPS) is 22.0. The van der Waals surface area contributed by atoms with Gasteiger partial charge < -0.3 is 4.90 Å². The van der Waals surface area contributed by atoms with Gasteiger partial charge in [-0.2, -0.15) is 0 Å². The van der Waals surface area contributed by atoms with Gasteiger partial charge in [-0.1, -0.05) is 12.8 Å². The van der Waals surface area contributed by atoms with Crippen LogP contribution in [0, 0.1) is 17.8 Å². The van der Waals surface area contributed by atoms with Crippen molar-refractivity contribution in [1.82, 2.24) is 10.2 Å². The van der Waals surface area contributed by atoms with Gasteiger partial charge in [0.25, 0.3) is 0 Å². The van der Waals surface area contributed by atoms with Gasteiger partial charge in [0.05, 0.1) is 12.5 Å². The van der Waals surface area contributed by atoms with Crippen LogP contribution in [0.25, 0.3) is 0 Å². The van der Waals surface area contributed by atoms with E-state index in [2.05, 4.69) is 17.2 Å². The Balaban J connectivity index is 2.59. The Kier molecular flexibility index (Phi) is 2.91. The lowest BCUT2D eigenvalue weighted by molar-refractivity contribution is -0.125. The summed E-state index contributed by atoms with van der Waals surface area (Å²) in [4.78, 5) is 23.7. The number of carbonyl (C=O) groups is 2. The average Bonchev–Trinajstić information content (AvgIpc) is 2.09. The van der Waals surface area contributed by atoms with Crippen molar-refractivity contribution < 1.29 is 9.59 Å². The number of hydrogen-bond donors (Lipinski definition) is 1. The highest BCUT2D eigenvalue weighted by atomic mass is 16.2. The summed E-state index contributed by atoms with van der Waals surface area (Å²) in [6.45, 7) is 4.35. The van der Waals surface area contributed by atoms with Gasteiger partial charge in [0, 0.05) is 6.54 Å². The molecule has 1 fully saturated rings. The van der Waals surface area contributed by atoms with Gasteiger partial charge in [0.2, 0.25) is 5.91 Å². The molecule has 0 saturated carbocycles. The van der Waals surface area contributed by atoms with Crippen LogP contribution in [0.4, 0.5) is 4.79 Å². The smallest absolute Gasteiger partial charge is 0.313 e. The van der Waals surface area contributed by atoms with Crippen molar-refractivity contribution in [2.45, 2.75) is 13.8 Å². The van der Waals surface area contributed by atoms with E-state index in [0.29, 0.717) is 13.1 Å². The highest BCUT2D eigenvalue weighted by molar-refractivity contribution is 5.97. The lowest BCUT2D eigenvalue weighted by Crippen LogP contribution is -2.53. The summed E-state index contributed by atoms with van der Waals surface area (Å²) < 4.78 is 0. The number of nitrogens with zero attached hydrogens (tertiary/aromatic N) is 1. The average molecular weight is 180 g/mol. The van der Waals surface area contributed by atoms with Crippen molar-refractivity contribution in [3.05, 3.63) is 0 Å². The number of hydrogen-bond acceptors (Lipinski definition) is 2. The summed E-state index contributed by atoms with van der Waals surface area (Å²) in [6.07, 6.45) is 0. The van der Waals surface area contributed by atoms with Crippen LogP contribution in [0.3, 0.4) is 0 Å². The minimum absolute atomic E-state index is 0.142. The first-order valence-electron chi connectivity index (χ1n) is 4.14. The minimum atomic E-state index is -0.342. The van der Waals surface area contributed by atoms with Crippen molar-refractivity contribution in [2.75, 3.05) is 13.1 Å². The fourth-order valence-corrected chi connectivity index (χ4v) is 1.11. The van der Waals surface area contributed by atoms with E-state index >= 15 is 0 Å². The molecule has 1 unspecified atom stereocenters. The van der Waals surface area contributed by atoms with E-state index < -0.39 is 0 Å². The second kappa shape index (κ2) is 3.94. The zero-order valence-electron chi connectivity index (χ0n) is 7.76.